The zero-order valence-corrected chi connectivity index (χ0v) is 20.6. The van der Waals surface area contributed by atoms with E-state index in [-0.39, 0.29) is 18.1 Å². The van der Waals surface area contributed by atoms with E-state index in [0.29, 0.717) is 27.9 Å². The summed E-state index contributed by atoms with van der Waals surface area (Å²) in [7, 11) is 1.85. The maximum atomic E-state index is 12.1. The molecule has 0 fully saturated rings. The van der Waals surface area contributed by atoms with Crippen molar-refractivity contribution < 1.29 is 9.53 Å². The summed E-state index contributed by atoms with van der Waals surface area (Å²) in [6, 6.07) is 11.2. The molecule has 0 aliphatic heterocycles. The van der Waals surface area contributed by atoms with Gasteiger partial charge in [-0.3, -0.25) is 9.48 Å². The summed E-state index contributed by atoms with van der Waals surface area (Å²) in [4.78, 5) is 21.7. The molecule has 9 heteroatoms. The number of hydrogen-bond donors (Lipinski definition) is 2. The molecule has 0 aliphatic carbocycles. The van der Waals surface area contributed by atoms with Gasteiger partial charge in [-0.25, -0.2) is 9.97 Å². The zero-order valence-electron chi connectivity index (χ0n) is 19.8. The first-order chi connectivity index (χ1) is 16.1. The van der Waals surface area contributed by atoms with E-state index >= 15 is 0 Å². The summed E-state index contributed by atoms with van der Waals surface area (Å²) in [5.74, 6) is 1.51. The molecule has 4 aromatic rings. The average molecular weight is 479 g/mol. The molecule has 0 atom stereocenters. The largest absolute Gasteiger partial charge is 0.484 e. The van der Waals surface area contributed by atoms with Crippen molar-refractivity contribution in [3.8, 4) is 17.1 Å². The van der Waals surface area contributed by atoms with Crippen LogP contribution >= 0.6 is 11.6 Å². The van der Waals surface area contributed by atoms with Crippen LogP contribution in [0.25, 0.3) is 22.3 Å². The fourth-order valence-electron chi connectivity index (χ4n) is 3.43. The van der Waals surface area contributed by atoms with E-state index in [2.05, 4.69) is 15.7 Å². The first-order valence-corrected chi connectivity index (χ1v) is 11.2. The minimum Gasteiger partial charge on any atom is -0.484 e. The number of anilines is 2. The van der Waals surface area contributed by atoms with Gasteiger partial charge in [-0.2, -0.15) is 5.10 Å². The maximum absolute atomic E-state index is 12.1. The van der Waals surface area contributed by atoms with E-state index in [1.807, 2.05) is 71.3 Å². The minimum absolute atomic E-state index is 0.0814. The highest BCUT2D eigenvalue weighted by Crippen LogP contribution is 2.31. The van der Waals surface area contributed by atoms with Crippen LogP contribution in [0.15, 0.2) is 48.8 Å². The third-order valence-corrected chi connectivity index (χ3v) is 5.33. The quantitative estimate of drug-likeness (QED) is 0.403. The van der Waals surface area contributed by atoms with Crippen molar-refractivity contribution in [1.29, 1.82) is 0 Å². The Morgan fingerprint density at radius 1 is 1.18 bits per heavy atom. The molecular weight excluding hydrogens is 452 g/mol. The van der Waals surface area contributed by atoms with Crippen LogP contribution in [0.3, 0.4) is 0 Å². The molecule has 4 rings (SSSR count). The highest BCUT2D eigenvalue weighted by Gasteiger charge is 2.15. The van der Waals surface area contributed by atoms with Gasteiger partial charge in [-0.15, -0.1) is 0 Å². The van der Waals surface area contributed by atoms with Gasteiger partial charge in [-0.1, -0.05) is 23.7 Å². The molecule has 0 aliphatic rings. The van der Waals surface area contributed by atoms with Gasteiger partial charge in [0, 0.05) is 34.8 Å². The molecule has 0 saturated heterocycles. The minimum atomic E-state index is -0.321. The Morgan fingerprint density at radius 2 is 1.97 bits per heavy atom. The normalized spacial score (nSPS) is 11.5. The van der Waals surface area contributed by atoms with Crippen LogP contribution in [-0.4, -0.2) is 37.8 Å². The zero-order chi connectivity index (χ0) is 24.5. The van der Waals surface area contributed by atoms with Gasteiger partial charge in [0.2, 0.25) is 0 Å². The fourth-order valence-corrected chi connectivity index (χ4v) is 3.59. The topological polar surface area (TPSA) is 94.0 Å². The third-order valence-electron chi connectivity index (χ3n) is 4.92. The molecule has 0 unspecified atom stereocenters. The van der Waals surface area contributed by atoms with Crippen LogP contribution in [0.5, 0.6) is 5.75 Å². The summed E-state index contributed by atoms with van der Waals surface area (Å²) in [6.45, 7) is 7.64. The summed E-state index contributed by atoms with van der Waals surface area (Å²) < 4.78 is 7.43. The summed E-state index contributed by atoms with van der Waals surface area (Å²) in [5, 5.41) is 11.9. The van der Waals surface area contributed by atoms with Gasteiger partial charge >= 0.3 is 0 Å². The molecule has 2 aromatic heterocycles. The van der Waals surface area contributed by atoms with Crippen molar-refractivity contribution in [3.63, 3.8) is 0 Å². The van der Waals surface area contributed by atoms with E-state index < -0.39 is 0 Å². The molecule has 0 spiro atoms. The number of hydrogen-bond acceptors (Lipinski definition) is 6. The number of nitrogens with one attached hydrogen (secondary N) is 2. The number of aromatic nitrogens is 4. The third kappa shape index (κ3) is 5.63. The predicted molar refractivity (Wildman–Crippen MR) is 135 cm³/mol. The van der Waals surface area contributed by atoms with Gasteiger partial charge in [-0.05, 0) is 57.5 Å². The fraction of sp³-hybridized carbons (Fsp3) is 0.280. The number of ether oxygens (including phenoxy) is 1. The molecule has 0 bridgehead atoms. The molecule has 8 nitrogen and oxygen atoms in total. The first kappa shape index (κ1) is 23.5. The summed E-state index contributed by atoms with van der Waals surface area (Å²) in [5.41, 5.74) is 2.88. The second-order valence-corrected chi connectivity index (χ2v) is 9.56. The highest BCUT2D eigenvalue weighted by molar-refractivity contribution is 6.32. The Morgan fingerprint density at radius 3 is 2.68 bits per heavy atom. The Kier molecular flexibility index (Phi) is 6.43. The van der Waals surface area contributed by atoms with Crippen molar-refractivity contribution in [3.05, 3.63) is 59.4 Å². The highest BCUT2D eigenvalue weighted by atomic mass is 35.5. The average Bonchev–Trinajstić information content (AvgIpc) is 3.17. The molecule has 2 aromatic carbocycles. The SMILES string of the molecule is Cc1cc2c(Nc3cnn(C)c3)nc(-c3cccc(OCC(=O)NC(C)(C)C)c3)nc2cc1Cl. The standard InChI is InChI=1S/C25H27ClN6O2/c1-15-9-19-21(11-20(15)26)29-23(30-24(19)28-17-12-27-32(5)13-17)16-7-6-8-18(10-16)34-14-22(33)31-25(2,3)4/h6-13H,14H2,1-5H3,(H,31,33)(H,28,29,30). The lowest BCUT2D eigenvalue weighted by Gasteiger charge is -2.20. The Labute approximate surface area is 203 Å². The van der Waals surface area contributed by atoms with E-state index in [0.717, 1.165) is 22.2 Å². The van der Waals surface area contributed by atoms with E-state index in [9.17, 15) is 4.79 Å². The van der Waals surface area contributed by atoms with Crippen molar-refractivity contribution >= 4 is 39.9 Å². The predicted octanol–water partition coefficient (Wildman–Crippen LogP) is 5.03. The number of halogens is 1. The monoisotopic (exact) mass is 478 g/mol. The van der Waals surface area contributed by atoms with Crippen LogP contribution in [0, 0.1) is 6.92 Å². The van der Waals surface area contributed by atoms with Gasteiger partial charge < -0.3 is 15.4 Å². The molecule has 2 heterocycles. The number of amides is 1. The number of benzene rings is 2. The first-order valence-electron chi connectivity index (χ1n) is 10.9. The molecule has 2 N–H and O–H groups in total. The maximum Gasteiger partial charge on any atom is 0.258 e. The van der Waals surface area contributed by atoms with Crippen molar-refractivity contribution in [1.82, 2.24) is 25.1 Å². The Bertz CT molecular complexity index is 1360. The lowest BCUT2D eigenvalue weighted by molar-refractivity contribution is -0.124. The summed E-state index contributed by atoms with van der Waals surface area (Å²) in [6.07, 6.45) is 3.60. The van der Waals surface area contributed by atoms with Crippen LogP contribution in [0.4, 0.5) is 11.5 Å². The van der Waals surface area contributed by atoms with Gasteiger partial charge in [0.25, 0.3) is 5.91 Å². The van der Waals surface area contributed by atoms with Crippen molar-refractivity contribution in [2.45, 2.75) is 33.2 Å². The number of rotatable bonds is 6. The van der Waals surface area contributed by atoms with E-state index in [1.165, 1.54) is 0 Å². The number of aryl methyl sites for hydroxylation is 2. The molecular formula is C25H27ClN6O2. The Hall–Kier alpha value is -3.65. The van der Waals surface area contributed by atoms with Crippen LogP contribution in [0.1, 0.15) is 26.3 Å². The number of nitrogens with zero attached hydrogens (tertiary/aromatic N) is 4. The van der Waals surface area contributed by atoms with Gasteiger partial charge in [0.05, 0.1) is 17.4 Å². The molecule has 34 heavy (non-hydrogen) atoms. The van der Waals surface area contributed by atoms with Gasteiger partial charge in [0.15, 0.2) is 12.4 Å². The molecule has 0 saturated carbocycles. The van der Waals surface area contributed by atoms with Crippen molar-refractivity contribution in [2.75, 3.05) is 11.9 Å². The molecule has 1 amide bonds. The second-order valence-electron chi connectivity index (χ2n) is 9.16. The molecule has 176 valence electrons. The van der Waals surface area contributed by atoms with Gasteiger partial charge in [0.1, 0.15) is 11.6 Å². The van der Waals surface area contributed by atoms with Crippen LogP contribution in [0.2, 0.25) is 5.02 Å². The smallest absolute Gasteiger partial charge is 0.258 e. The summed E-state index contributed by atoms with van der Waals surface area (Å²) >= 11 is 6.39. The second kappa shape index (κ2) is 9.30. The number of carbonyl (C=O) groups is 1. The van der Waals surface area contributed by atoms with Crippen LogP contribution < -0.4 is 15.4 Å². The Balaban J connectivity index is 1.68. The number of carbonyl (C=O) groups excluding carboxylic acids is 1. The van der Waals surface area contributed by atoms with Crippen molar-refractivity contribution in [2.24, 2.45) is 7.05 Å². The number of fused-ring (bicyclic) bond motifs is 1. The van der Waals surface area contributed by atoms with E-state index in [4.69, 9.17) is 26.3 Å². The van der Waals surface area contributed by atoms with Crippen LogP contribution in [-0.2, 0) is 11.8 Å². The van der Waals surface area contributed by atoms with E-state index in [1.54, 1.807) is 16.9 Å². The molecule has 0 radical (unpaired) electrons. The lowest BCUT2D eigenvalue weighted by Crippen LogP contribution is -2.43. The lowest BCUT2D eigenvalue weighted by atomic mass is 10.1.